The molecule has 186 valence electrons. The van der Waals surface area contributed by atoms with Crippen molar-refractivity contribution in [1.82, 2.24) is 15.1 Å². The lowest BCUT2D eigenvalue weighted by atomic mass is 9.88. The van der Waals surface area contributed by atoms with Gasteiger partial charge in [-0.2, -0.15) is 0 Å². The first-order valence-corrected chi connectivity index (χ1v) is 12.4. The molecule has 4 amide bonds. The molecule has 1 fully saturated rings. The normalized spacial score (nSPS) is 17.2. The highest BCUT2D eigenvalue weighted by Crippen LogP contribution is 2.33. The Morgan fingerprint density at radius 1 is 0.811 bits per heavy atom. The standard InChI is InChI=1S/C31H29N3O3/c1-31(27-18-10-16-25-15-8-9-17-26(25)27)29(36)34(30(37)32-31)22-28(35)33(21-24-13-6-3-7-14-24)20-19-23-11-4-2-5-12-23/h2-18H,19-22H2,1H3,(H,32,37)/t31-/m0/s1. The second kappa shape index (κ2) is 10.3. The van der Waals surface area contributed by atoms with Gasteiger partial charge in [-0.1, -0.05) is 103 Å². The highest BCUT2D eigenvalue weighted by atomic mass is 16.2. The third-order valence-corrected chi connectivity index (χ3v) is 6.98. The van der Waals surface area contributed by atoms with Crippen LogP contribution in [0.5, 0.6) is 0 Å². The van der Waals surface area contributed by atoms with E-state index in [9.17, 15) is 14.4 Å². The number of hydrogen-bond acceptors (Lipinski definition) is 3. The molecule has 1 N–H and O–H groups in total. The molecular formula is C31H29N3O3. The minimum Gasteiger partial charge on any atom is -0.336 e. The summed E-state index contributed by atoms with van der Waals surface area (Å²) in [5.74, 6) is -0.699. The number of nitrogens with one attached hydrogen (secondary N) is 1. The molecule has 6 heteroatoms. The lowest BCUT2D eigenvalue weighted by molar-refractivity contribution is -0.139. The number of rotatable bonds is 8. The Bertz CT molecular complexity index is 1430. The monoisotopic (exact) mass is 491 g/mol. The largest absolute Gasteiger partial charge is 0.336 e. The van der Waals surface area contributed by atoms with Crippen LogP contribution in [-0.4, -0.2) is 40.7 Å². The molecule has 37 heavy (non-hydrogen) atoms. The number of hydrogen-bond donors (Lipinski definition) is 1. The van der Waals surface area contributed by atoms with Crippen molar-refractivity contribution in [3.05, 3.63) is 120 Å². The molecule has 1 atom stereocenters. The molecule has 0 aromatic heterocycles. The van der Waals surface area contributed by atoms with E-state index in [0.717, 1.165) is 26.8 Å². The highest BCUT2D eigenvalue weighted by Gasteiger charge is 2.50. The summed E-state index contributed by atoms with van der Waals surface area (Å²) in [6.07, 6.45) is 0.674. The number of urea groups is 1. The second-order valence-electron chi connectivity index (χ2n) is 9.51. The fraction of sp³-hybridized carbons (Fsp3) is 0.194. The zero-order valence-corrected chi connectivity index (χ0v) is 20.8. The molecule has 1 aliphatic heterocycles. The van der Waals surface area contributed by atoms with Crippen molar-refractivity contribution >= 4 is 28.6 Å². The zero-order valence-electron chi connectivity index (χ0n) is 20.8. The highest BCUT2D eigenvalue weighted by molar-refractivity contribution is 6.10. The maximum absolute atomic E-state index is 13.6. The Morgan fingerprint density at radius 2 is 1.43 bits per heavy atom. The Morgan fingerprint density at radius 3 is 2.16 bits per heavy atom. The van der Waals surface area contributed by atoms with Gasteiger partial charge in [0.1, 0.15) is 12.1 Å². The van der Waals surface area contributed by atoms with Gasteiger partial charge in [-0.05, 0) is 40.8 Å². The van der Waals surface area contributed by atoms with Crippen molar-refractivity contribution in [2.24, 2.45) is 0 Å². The van der Waals surface area contributed by atoms with Crippen molar-refractivity contribution in [3.8, 4) is 0 Å². The summed E-state index contributed by atoms with van der Waals surface area (Å²) in [6.45, 7) is 2.27. The number of fused-ring (bicyclic) bond motifs is 1. The molecule has 0 bridgehead atoms. The maximum atomic E-state index is 13.6. The quantitative estimate of drug-likeness (QED) is 0.357. The van der Waals surface area contributed by atoms with E-state index in [1.165, 1.54) is 0 Å². The van der Waals surface area contributed by atoms with E-state index in [0.29, 0.717) is 25.1 Å². The van der Waals surface area contributed by atoms with E-state index >= 15 is 0 Å². The summed E-state index contributed by atoms with van der Waals surface area (Å²) in [5.41, 5.74) is 1.56. The van der Waals surface area contributed by atoms with E-state index in [1.54, 1.807) is 11.8 Å². The van der Waals surface area contributed by atoms with E-state index < -0.39 is 17.5 Å². The van der Waals surface area contributed by atoms with Gasteiger partial charge in [0, 0.05) is 13.1 Å². The van der Waals surface area contributed by atoms with Gasteiger partial charge in [0.05, 0.1) is 0 Å². The Kier molecular flexibility index (Phi) is 6.73. The SMILES string of the molecule is C[C@@]1(c2cccc3ccccc23)NC(=O)N(CC(=O)N(CCc2ccccc2)Cc2ccccc2)C1=O. The summed E-state index contributed by atoms with van der Waals surface area (Å²) in [5, 5.41) is 4.73. The lowest BCUT2D eigenvalue weighted by Crippen LogP contribution is -2.45. The fourth-order valence-corrected chi connectivity index (χ4v) is 4.92. The summed E-state index contributed by atoms with van der Waals surface area (Å²) in [6, 6.07) is 32.6. The summed E-state index contributed by atoms with van der Waals surface area (Å²) < 4.78 is 0. The van der Waals surface area contributed by atoms with E-state index in [-0.39, 0.29) is 12.5 Å². The van der Waals surface area contributed by atoms with Crippen LogP contribution in [0.4, 0.5) is 4.79 Å². The van der Waals surface area contributed by atoms with Crippen LogP contribution in [0.2, 0.25) is 0 Å². The lowest BCUT2D eigenvalue weighted by Gasteiger charge is -2.26. The first-order valence-electron chi connectivity index (χ1n) is 12.4. The van der Waals surface area contributed by atoms with Crippen molar-refractivity contribution in [1.29, 1.82) is 0 Å². The van der Waals surface area contributed by atoms with Crippen LogP contribution in [-0.2, 0) is 28.1 Å². The number of amides is 4. The molecule has 5 rings (SSSR count). The molecule has 0 radical (unpaired) electrons. The first kappa shape index (κ1) is 24.3. The van der Waals surface area contributed by atoms with Gasteiger partial charge >= 0.3 is 6.03 Å². The van der Waals surface area contributed by atoms with Crippen LogP contribution in [0.15, 0.2) is 103 Å². The molecule has 0 saturated carbocycles. The average Bonchev–Trinajstić information content (AvgIpc) is 3.15. The first-order chi connectivity index (χ1) is 18.0. The van der Waals surface area contributed by atoms with E-state index in [1.807, 2.05) is 103 Å². The predicted octanol–water partition coefficient (Wildman–Crippen LogP) is 4.88. The molecule has 0 unspecified atom stereocenters. The van der Waals surface area contributed by atoms with Crippen molar-refractivity contribution in [3.63, 3.8) is 0 Å². The molecule has 1 heterocycles. The Balaban J connectivity index is 1.37. The number of imide groups is 1. The molecule has 4 aromatic rings. The number of carbonyl (C=O) groups excluding carboxylic acids is 3. The molecule has 1 aliphatic rings. The maximum Gasteiger partial charge on any atom is 0.325 e. The van der Waals surface area contributed by atoms with Crippen LogP contribution in [0.3, 0.4) is 0 Å². The third kappa shape index (κ3) is 4.96. The predicted molar refractivity (Wildman–Crippen MR) is 144 cm³/mol. The van der Waals surface area contributed by atoms with Crippen molar-refractivity contribution < 1.29 is 14.4 Å². The topological polar surface area (TPSA) is 69.7 Å². The van der Waals surface area contributed by atoms with Crippen LogP contribution in [0.1, 0.15) is 23.6 Å². The van der Waals surface area contributed by atoms with Crippen LogP contribution in [0.25, 0.3) is 10.8 Å². The summed E-state index contributed by atoms with van der Waals surface area (Å²) >= 11 is 0. The van der Waals surface area contributed by atoms with Crippen LogP contribution >= 0.6 is 0 Å². The number of benzene rings is 4. The van der Waals surface area contributed by atoms with Crippen LogP contribution < -0.4 is 5.32 Å². The van der Waals surface area contributed by atoms with Gasteiger partial charge in [-0.15, -0.1) is 0 Å². The minimum absolute atomic E-state index is 0.273. The fourth-order valence-electron chi connectivity index (χ4n) is 4.92. The summed E-state index contributed by atoms with van der Waals surface area (Å²) in [7, 11) is 0. The molecule has 1 saturated heterocycles. The Labute approximate surface area is 216 Å². The van der Waals surface area contributed by atoms with Crippen molar-refractivity contribution in [2.45, 2.75) is 25.4 Å². The van der Waals surface area contributed by atoms with Gasteiger partial charge in [0.2, 0.25) is 5.91 Å². The summed E-state index contributed by atoms with van der Waals surface area (Å²) in [4.78, 5) is 43.0. The molecule has 0 aliphatic carbocycles. The molecular weight excluding hydrogens is 462 g/mol. The average molecular weight is 492 g/mol. The van der Waals surface area contributed by atoms with E-state index in [4.69, 9.17) is 0 Å². The van der Waals surface area contributed by atoms with E-state index in [2.05, 4.69) is 5.32 Å². The zero-order chi connectivity index (χ0) is 25.8. The van der Waals surface area contributed by atoms with Gasteiger partial charge in [0.25, 0.3) is 5.91 Å². The smallest absolute Gasteiger partial charge is 0.325 e. The van der Waals surface area contributed by atoms with Crippen LogP contribution in [0, 0.1) is 0 Å². The second-order valence-corrected chi connectivity index (χ2v) is 9.51. The van der Waals surface area contributed by atoms with Crippen molar-refractivity contribution in [2.75, 3.05) is 13.1 Å². The van der Waals surface area contributed by atoms with Gasteiger partial charge in [-0.3, -0.25) is 14.5 Å². The number of nitrogens with zero attached hydrogens (tertiary/aromatic N) is 2. The van der Waals surface area contributed by atoms with Gasteiger partial charge < -0.3 is 10.2 Å². The third-order valence-electron chi connectivity index (χ3n) is 6.98. The van der Waals surface area contributed by atoms with Gasteiger partial charge in [0.15, 0.2) is 0 Å². The molecule has 0 spiro atoms. The van der Waals surface area contributed by atoms with Gasteiger partial charge in [-0.25, -0.2) is 4.79 Å². The minimum atomic E-state index is -1.26. The number of carbonyl (C=O) groups is 3. The molecule has 4 aromatic carbocycles. The molecule has 6 nitrogen and oxygen atoms in total. The Hall–Kier alpha value is -4.45.